The molecule has 108 valence electrons. The first-order valence-electron chi connectivity index (χ1n) is 6.14. The van der Waals surface area contributed by atoms with Crippen molar-refractivity contribution in [1.29, 1.82) is 0 Å². The molecule has 0 saturated carbocycles. The first-order valence-corrected chi connectivity index (χ1v) is 6.68. The predicted molar refractivity (Wildman–Crippen MR) is 82.8 cm³/mol. The molecule has 2 rings (SSSR count). The monoisotopic (exact) mass is 305 g/mol. The summed E-state index contributed by atoms with van der Waals surface area (Å²) in [7, 11) is 0. The van der Waals surface area contributed by atoms with Crippen LogP contribution in [0.25, 0.3) is 0 Å². The summed E-state index contributed by atoms with van der Waals surface area (Å²) in [6.07, 6.45) is 0. The number of nitrogens with one attached hydrogen (secondary N) is 1. The second-order valence-corrected chi connectivity index (χ2v) is 4.52. The van der Waals surface area contributed by atoms with Gasteiger partial charge in [-0.25, -0.2) is 9.38 Å². The molecule has 0 aliphatic heterocycles. The minimum absolute atomic E-state index is 0.117. The summed E-state index contributed by atoms with van der Waals surface area (Å²) in [5.41, 5.74) is 7.02. The maximum absolute atomic E-state index is 12.8. The molecule has 0 heterocycles. The Labute approximate surface area is 126 Å². The second kappa shape index (κ2) is 6.85. The first kappa shape index (κ1) is 15.0. The number of aliphatic imine (C=N–C) groups is 1. The van der Waals surface area contributed by atoms with E-state index in [9.17, 15) is 9.18 Å². The number of hydrogen-bond acceptors (Lipinski definition) is 2. The van der Waals surface area contributed by atoms with Crippen LogP contribution in [0.5, 0.6) is 0 Å². The number of anilines is 1. The van der Waals surface area contributed by atoms with Gasteiger partial charge in [-0.2, -0.15) is 0 Å². The number of amides is 1. The highest BCUT2D eigenvalue weighted by molar-refractivity contribution is 6.28. The smallest absolute Gasteiger partial charge is 0.255 e. The molecular weight excluding hydrogens is 293 g/mol. The van der Waals surface area contributed by atoms with Crippen molar-refractivity contribution in [3.05, 3.63) is 59.9 Å². The van der Waals surface area contributed by atoms with E-state index in [0.29, 0.717) is 16.9 Å². The van der Waals surface area contributed by atoms with Crippen LogP contribution in [0.1, 0.15) is 10.4 Å². The maximum Gasteiger partial charge on any atom is 0.255 e. The van der Waals surface area contributed by atoms with E-state index in [1.54, 1.807) is 24.3 Å². The van der Waals surface area contributed by atoms with Gasteiger partial charge in [0.1, 0.15) is 11.7 Å². The van der Waals surface area contributed by atoms with Crippen molar-refractivity contribution >= 4 is 34.7 Å². The highest BCUT2D eigenvalue weighted by Crippen LogP contribution is 2.16. The lowest BCUT2D eigenvalue weighted by Gasteiger charge is -2.06. The van der Waals surface area contributed by atoms with E-state index in [1.807, 2.05) is 0 Å². The normalized spacial score (nSPS) is 11.2. The van der Waals surface area contributed by atoms with Crippen LogP contribution in [0.2, 0.25) is 0 Å². The Kier molecular flexibility index (Phi) is 4.90. The molecule has 21 heavy (non-hydrogen) atoms. The number of benzene rings is 2. The SMILES string of the molecule is NC(CCl)=Nc1cccc(C(=O)Nc2ccc(F)cc2)c1. The van der Waals surface area contributed by atoms with Gasteiger partial charge >= 0.3 is 0 Å². The molecule has 4 nitrogen and oxygen atoms in total. The van der Waals surface area contributed by atoms with E-state index in [4.69, 9.17) is 17.3 Å². The Bertz CT molecular complexity index is 671. The molecule has 0 aliphatic rings. The van der Waals surface area contributed by atoms with Crippen LogP contribution in [0.3, 0.4) is 0 Å². The minimum Gasteiger partial charge on any atom is -0.386 e. The third-order valence-electron chi connectivity index (χ3n) is 2.62. The molecule has 0 unspecified atom stereocenters. The van der Waals surface area contributed by atoms with Gasteiger partial charge in [0, 0.05) is 11.3 Å². The lowest BCUT2D eigenvalue weighted by molar-refractivity contribution is 0.102. The largest absolute Gasteiger partial charge is 0.386 e. The lowest BCUT2D eigenvalue weighted by Crippen LogP contribution is -2.13. The van der Waals surface area contributed by atoms with Gasteiger partial charge in [-0.3, -0.25) is 4.79 Å². The van der Waals surface area contributed by atoms with Crippen molar-refractivity contribution in [3.63, 3.8) is 0 Å². The summed E-state index contributed by atoms with van der Waals surface area (Å²) >= 11 is 5.56. The quantitative estimate of drug-likeness (QED) is 0.517. The molecule has 2 aromatic rings. The molecule has 6 heteroatoms. The highest BCUT2D eigenvalue weighted by Gasteiger charge is 2.07. The molecule has 0 aliphatic carbocycles. The molecule has 3 N–H and O–H groups in total. The van der Waals surface area contributed by atoms with Crippen molar-refractivity contribution in [2.45, 2.75) is 0 Å². The van der Waals surface area contributed by atoms with Crippen molar-refractivity contribution in [2.75, 3.05) is 11.2 Å². The van der Waals surface area contributed by atoms with Crippen molar-refractivity contribution in [3.8, 4) is 0 Å². The molecule has 0 spiro atoms. The Hall–Kier alpha value is -2.40. The molecule has 0 radical (unpaired) electrons. The molecule has 2 aromatic carbocycles. The van der Waals surface area contributed by atoms with Crippen LogP contribution in [0.4, 0.5) is 15.8 Å². The first-order chi connectivity index (χ1) is 10.1. The number of carbonyl (C=O) groups excluding carboxylic acids is 1. The molecule has 0 bridgehead atoms. The number of halogens is 2. The molecular formula is C15H13ClFN3O. The summed E-state index contributed by atoms with van der Waals surface area (Å²) in [5, 5.41) is 2.67. The number of amidine groups is 1. The molecule has 1 amide bonds. The predicted octanol–water partition coefficient (Wildman–Crippen LogP) is 3.31. The zero-order chi connectivity index (χ0) is 15.2. The number of hydrogen-bond donors (Lipinski definition) is 2. The molecule has 0 saturated heterocycles. The van der Waals surface area contributed by atoms with Crippen LogP contribution in [0.15, 0.2) is 53.5 Å². The fourth-order valence-corrected chi connectivity index (χ4v) is 1.71. The van der Waals surface area contributed by atoms with Crippen LogP contribution < -0.4 is 11.1 Å². The van der Waals surface area contributed by atoms with Crippen LogP contribution in [-0.2, 0) is 0 Å². The van der Waals surface area contributed by atoms with Crippen molar-refractivity contribution < 1.29 is 9.18 Å². The lowest BCUT2D eigenvalue weighted by atomic mass is 10.2. The molecule has 0 atom stereocenters. The zero-order valence-electron chi connectivity index (χ0n) is 11.0. The van der Waals surface area contributed by atoms with E-state index < -0.39 is 0 Å². The van der Waals surface area contributed by atoms with Gasteiger partial charge in [0.25, 0.3) is 5.91 Å². The van der Waals surface area contributed by atoms with Crippen molar-refractivity contribution in [2.24, 2.45) is 10.7 Å². The van der Waals surface area contributed by atoms with E-state index in [-0.39, 0.29) is 23.4 Å². The maximum atomic E-state index is 12.8. The Balaban J connectivity index is 2.16. The van der Waals surface area contributed by atoms with Gasteiger partial charge in [0.05, 0.1) is 11.6 Å². The number of nitrogens with two attached hydrogens (primary N) is 1. The topological polar surface area (TPSA) is 67.5 Å². The minimum atomic E-state index is -0.360. The fourth-order valence-electron chi connectivity index (χ4n) is 1.65. The second-order valence-electron chi connectivity index (χ2n) is 4.25. The van der Waals surface area contributed by atoms with Gasteiger partial charge in [0.2, 0.25) is 0 Å². The summed E-state index contributed by atoms with van der Waals surface area (Å²) in [5.74, 6) is -0.289. The number of nitrogens with zero attached hydrogens (tertiary/aromatic N) is 1. The molecule has 0 fully saturated rings. The third-order valence-corrected chi connectivity index (χ3v) is 2.89. The van der Waals surface area contributed by atoms with Gasteiger partial charge in [-0.15, -0.1) is 11.6 Å². The number of carbonyl (C=O) groups is 1. The molecule has 0 aromatic heterocycles. The van der Waals surface area contributed by atoms with E-state index >= 15 is 0 Å². The number of alkyl halides is 1. The van der Waals surface area contributed by atoms with Crippen molar-refractivity contribution in [1.82, 2.24) is 0 Å². The van der Waals surface area contributed by atoms with Gasteiger partial charge in [0.15, 0.2) is 0 Å². The Morgan fingerprint density at radius 3 is 2.62 bits per heavy atom. The fraction of sp³-hybridized carbons (Fsp3) is 0.0667. The Morgan fingerprint density at radius 2 is 1.95 bits per heavy atom. The van der Waals surface area contributed by atoms with Gasteiger partial charge in [-0.1, -0.05) is 6.07 Å². The average molecular weight is 306 g/mol. The van der Waals surface area contributed by atoms with Gasteiger partial charge < -0.3 is 11.1 Å². The Morgan fingerprint density at radius 1 is 1.24 bits per heavy atom. The highest BCUT2D eigenvalue weighted by atomic mass is 35.5. The standard InChI is InChI=1S/C15H13ClFN3O/c16-9-14(18)19-13-3-1-2-10(8-13)15(21)20-12-6-4-11(17)5-7-12/h1-8H,9H2,(H2,18,19)(H,20,21). The zero-order valence-corrected chi connectivity index (χ0v) is 11.8. The van der Waals surface area contributed by atoms with E-state index in [0.717, 1.165) is 0 Å². The van der Waals surface area contributed by atoms with E-state index in [1.165, 1.54) is 24.3 Å². The summed E-state index contributed by atoms with van der Waals surface area (Å²) in [4.78, 5) is 16.2. The average Bonchev–Trinajstić information content (AvgIpc) is 2.49. The van der Waals surface area contributed by atoms with E-state index in [2.05, 4.69) is 10.3 Å². The van der Waals surface area contributed by atoms with Crippen LogP contribution >= 0.6 is 11.6 Å². The summed E-state index contributed by atoms with van der Waals surface area (Å²) in [6.45, 7) is 0. The summed E-state index contributed by atoms with van der Waals surface area (Å²) < 4.78 is 12.8. The third kappa shape index (κ3) is 4.29. The van der Waals surface area contributed by atoms with Crippen LogP contribution in [-0.4, -0.2) is 17.6 Å². The summed E-state index contributed by atoms with van der Waals surface area (Å²) in [6, 6.07) is 12.2. The van der Waals surface area contributed by atoms with Gasteiger partial charge in [-0.05, 0) is 42.5 Å². The number of rotatable bonds is 4. The van der Waals surface area contributed by atoms with Crippen LogP contribution in [0, 0.1) is 5.82 Å².